The molecule has 1 heterocycles. The third-order valence-electron chi connectivity index (χ3n) is 3.50. The van der Waals surface area contributed by atoms with Gasteiger partial charge >= 0.3 is 0 Å². The maximum atomic E-state index is 13.9. The maximum absolute atomic E-state index is 13.9. The molecule has 0 saturated carbocycles. The first-order valence-electron chi connectivity index (χ1n) is 7.03. The number of halogens is 1. The van der Waals surface area contributed by atoms with Gasteiger partial charge in [-0.1, -0.05) is 20.8 Å². The van der Waals surface area contributed by atoms with Crippen LogP contribution in [0.2, 0.25) is 0 Å². The first kappa shape index (κ1) is 14.5. The smallest absolute Gasteiger partial charge is 0.124 e. The second kappa shape index (κ2) is 6.04. The molecular formula is C17H21FN2. The van der Waals surface area contributed by atoms with Crippen LogP contribution in [0.3, 0.4) is 0 Å². The first-order valence-corrected chi connectivity index (χ1v) is 7.03. The van der Waals surface area contributed by atoms with E-state index in [4.69, 9.17) is 0 Å². The molecule has 2 aromatic rings. The molecule has 0 bridgehead atoms. The zero-order chi connectivity index (χ0) is 14.7. The summed E-state index contributed by atoms with van der Waals surface area (Å²) in [6.07, 6.45) is 2.66. The highest BCUT2D eigenvalue weighted by Gasteiger charge is 2.14. The second-order valence-electron chi connectivity index (χ2n) is 5.21. The average Bonchev–Trinajstić information content (AvgIpc) is 2.46. The predicted molar refractivity (Wildman–Crippen MR) is 82.6 cm³/mol. The Hall–Kier alpha value is -1.90. The number of rotatable bonds is 4. The van der Waals surface area contributed by atoms with Gasteiger partial charge in [0.25, 0.3) is 0 Å². The molecule has 1 N–H and O–H groups in total. The van der Waals surface area contributed by atoms with Gasteiger partial charge < -0.3 is 5.32 Å². The molecule has 0 atom stereocenters. The fourth-order valence-electron chi connectivity index (χ4n) is 2.43. The van der Waals surface area contributed by atoms with Gasteiger partial charge in [-0.3, -0.25) is 4.98 Å². The summed E-state index contributed by atoms with van der Waals surface area (Å²) in [4.78, 5) is 4.30. The van der Waals surface area contributed by atoms with E-state index in [1.165, 1.54) is 0 Å². The Balaban J connectivity index is 2.65. The molecule has 0 radical (unpaired) electrons. The SMILES string of the molecule is CCc1cc(-c2cc(F)cc(C(C)C)c2NC)ccn1. The van der Waals surface area contributed by atoms with Crippen LogP contribution in [0.5, 0.6) is 0 Å². The first-order chi connectivity index (χ1) is 9.56. The van der Waals surface area contributed by atoms with E-state index in [1.807, 2.05) is 19.2 Å². The summed E-state index contributed by atoms with van der Waals surface area (Å²) in [7, 11) is 1.88. The lowest BCUT2D eigenvalue weighted by molar-refractivity contribution is 0.624. The van der Waals surface area contributed by atoms with Gasteiger partial charge in [-0.05, 0) is 47.7 Å². The normalized spacial score (nSPS) is 10.9. The molecule has 0 unspecified atom stereocenters. The van der Waals surface area contributed by atoms with Crippen molar-refractivity contribution >= 4 is 5.69 Å². The summed E-state index contributed by atoms with van der Waals surface area (Å²) in [6.45, 7) is 6.21. The van der Waals surface area contributed by atoms with Crippen LogP contribution in [-0.4, -0.2) is 12.0 Å². The minimum absolute atomic E-state index is 0.197. The van der Waals surface area contributed by atoms with E-state index in [9.17, 15) is 4.39 Å². The third kappa shape index (κ3) is 2.82. The lowest BCUT2D eigenvalue weighted by Crippen LogP contribution is -2.02. The summed E-state index contributed by atoms with van der Waals surface area (Å²) in [6, 6.07) is 7.16. The Bertz CT molecular complexity index is 606. The zero-order valence-corrected chi connectivity index (χ0v) is 12.5. The number of hydrogen-bond acceptors (Lipinski definition) is 2. The number of benzene rings is 1. The summed E-state index contributed by atoms with van der Waals surface area (Å²) in [5.41, 5.74) is 4.91. The van der Waals surface area contributed by atoms with E-state index in [0.29, 0.717) is 0 Å². The largest absolute Gasteiger partial charge is 0.387 e. The van der Waals surface area contributed by atoms with E-state index in [1.54, 1.807) is 18.3 Å². The standard InChI is InChI=1S/C17H21FN2/c1-5-14-8-12(6-7-20-14)16-10-13(18)9-15(11(2)3)17(16)19-4/h6-11,19H,5H2,1-4H3. The van der Waals surface area contributed by atoms with Crippen molar-refractivity contribution in [2.24, 2.45) is 0 Å². The summed E-state index contributed by atoms with van der Waals surface area (Å²) in [5.74, 6) is 0.0666. The van der Waals surface area contributed by atoms with Crippen LogP contribution in [0.25, 0.3) is 11.1 Å². The molecule has 2 rings (SSSR count). The number of nitrogens with zero attached hydrogens (tertiary/aromatic N) is 1. The van der Waals surface area contributed by atoms with Crippen LogP contribution in [0.1, 0.15) is 37.9 Å². The zero-order valence-electron chi connectivity index (χ0n) is 12.5. The van der Waals surface area contributed by atoms with Gasteiger partial charge in [0.2, 0.25) is 0 Å². The Labute approximate surface area is 120 Å². The Kier molecular flexibility index (Phi) is 4.38. The number of anilines is 1. The third-order valence-corrected chi connectivity index (χ3v) is 3.50. The molecule has 1 aromatic heterocycles. The Morgan fingerprint density at radius 2 is 2.00 bits per heavy atom. The lowest BCUT2D eigenvalue weighted by atomic mass is 9.94. The van der Waals surface area contributed by atoms with Crippen LogP contribution in [0, 0.1) is 5.82 Å². The fourth-order valence-corrected chi connectivity index (χ4v) is 2.43. The highest BCUT2D eigenvalue weighted by Crippen LogP contribution is 2.35. The molecule has 0 aliphatic carbocycles. The molecule has 106 valence electrons. The Morgan fingerprint density at radius 1 is 1.25 bits per heavy atom. The molecule has 0 aliphatic heterocycles. The molecule has 0 spiro atoms. The molecule has 0 amide bonds. The highest BCUT2D eigenvalue weighted by atomic mass is 19.1. The van der Waals surface area contributed by atoms with Crippen LogP contribution >= 0.6 is 0 Å². The molecule has 1 aromatic carbocycles. The molecule has 3 heteroatoms. The van der Waals surface area contributed by atoms with Crippen molar-refractivity contribution in [2.45, 2.75) is 33.1 Å². The summed E-state index contributed by atoms with van der Waals surface area (Å²) < 4.78 is 13.9. The van der Waals surface area contributed by atoms with Gasteiger partial charge in [-0.25, -0.2) is 4.39 Å². The highest BCUT2D eigenvalue weighted by molar-refractivity contribution is 5.80. The minimum atomic E-state index is -0.197. The monoisotopic (exact) mass is 272 g/mol. The number of pyridine rings is 1. The number of hydrogen-bond donors (Lipinski definition) is 1. The van der Waals surface area contributed by atoms with Crippen molar-refractivity contribution in [3.05, 3.63) is 47.5 Å². The van der Waals surface area contributed by atoms with E-state index >= 15 is 0 Å². The number of aromatic nitrogens is 1. The van der Waals surface area contributed by atoms with E-state index < -0.39 is 0 Å². The van der Waals surface area contributed by atoms with E-state index in [2.05, 4.69) is 31.1 Å². The number of aryl methyl sites for hydroxylation is 1. The lowest BCUT2D eigenvalue weighted by Gasteiger charge is -2.18. The molecule has 0 saturated heterocycles. The van der Waals surface area contributed by atoms with Crippen LogP contribution in [0.4, 0.5) is 10.1 Å². The minimum Gasteiger partial charge on any atom is -0.387 e. The van der Waals surface area contributed by atoms with Gasteiger partial charge in [0.05, 0.1) is 0 Å². The van der Waals surface area contributed by atoms with E-state index in [0.717, 1.165) is 34.5 Å². The number of nitrogens with one attached hydrogen (secondary N) is 1. The van der Waals surface area contributed by atoms with Gasteiger partial charge in [-0.15, -0.1) is 0 Å². The average molecular weight is 272 g/mol. The van der Waals surface area contributed by atoms with Crippen molar-refractivity contribution in [1.82, 2.24) is 4.98 Å². The Morgan fingerprint density at radius 3 is 2.60 bits per heavy atom. The quantitative estimate of drug-likeness (QED) is 0.878. The summed E-state index contributed by atoms with van der Waals surface area (Å²) in [5, 5.41) is 3.22. The van der Waals surface area contributed by atoms with Gasteiger partial charge in [0, 0.05) is 30.2 Å². The molecular weight excluding hydrogens is 251 g/mol. The van der Waals surface area contributed by atoms with Gasteiger partial charge in [0.15, 0.2) is 0 Å². The van der Waals surface area contributed by atoms with E-state index in [-0.39, 0.29) is 11.7 Å². The maximum Gasteiger partial charge on any atom is 0.124 e. The molecule has 2 nitrogen and oxygen atoms in total. The van der Waals surface area contributed by atoms with Crippen LogP contribution < -0.4 is 5.32 Å². The summed E-state index contributed by atoms with van der Waals surface area (Å²) >= 11 is 0. The van der Waals surface area contributed by atoms with Crippen molar-refractivity contribution < 1.29 is 4.39 Å². The van der Waals surface area contributed by atoms with Crippen molar-refractivity contribution in [3.63, 3.8) is 0 Å². The molecule has 20 heavy (non-hydrogen) atoms. The van der Waals surface area contributed by atoms with Gasteiger partial charge in [0.1, 0.15) is 5.82 Å². The predicted octanol–water partition coefficient (Wildman–Crippen LogP) is 4.62. The molecule has 0 aliphatic rings. The van der Waals surface area contributed by atoms with Crippen molar-refractivity contribution in [1.29, 1.82) is 0 Å². The topological polar surface area (TPSA) is 24.9 Å². The molecule has 0 fully saturated rings. The fraction of sp³-hybridized carbons (Fsp3) is 0.353. The van der Waals surface area contributed by atoms with Crippen LogP contribution in [0.15, 0.2) is 30.5 Å². The van der Waals surface area contributed by atoms with Gasteiger partial charge in [-0.2, -0.15) is 0 Å². The van der Waals surface area contributed by atoms with Crippen LogP contribution in [-0.2, 0) is 6.42 Å². The van der Waals surface area contributed by atoms with Crippen molar-refractivity contribution in [3.8, 4) is 11.1 Å². The second-order valence-corrected chi connectivity index (χ2v) is 5.21. The van der Waals surface area contributed by atoms with Crippen molar-refractivity contribution in [2.75, 3.05) is 12.4 Å².